The lowest BCUT2D eigenvalue weighted by molar-refractivity contribution is -0.122. The maximum absolute atomic E-state index is 12.5. The van der Waals surface area contributed by atoms with E-state index >= 15 is 0 Å². The number of rotatable bonds is 9. The standard InChI is InChI=1S/C23H30N4O4S/c1-18(24-23(29)17-26(2)32(30,31)21-11-4-3-5-12-21)15-22(28)25-19-9-8-10-20(16-19)27-13-6-7-14-27/h3-5,8-12,16,18H,6-7,13-15,17H2,1-2H3,(H,24,29)(H,25,28). The van der Waals surface area contributed by atoms with Gasteiger partial charge in [-0.1, -0.05) is 24.3 Å². The molecule has 2 aromatic carbocycles. The van der Waals surface area contributed by atoms with Crippen LogP contribution in [0, 0.1) is 0 Å². The van der Waals surface area contributed by atoms with Gasteiger partial charge in [0.15, 0.2) is 0 Å². The fourth-order valence-electron chi connectivity index (χ4n) is 3.68. The van der Waals surface area contributed by atoms with E-state index in [-0.39, 0.29) is 23.8 Å². The Balaban J connectivity index is 1.48. The highest BCUT2D eigenvalue weighted by molar-refractivity contribution is 7.89. The summed E-state index contributed by atoms with van der Waals surface area (Å²) in [5.41, 5.74) is 1.80. The molecular formula is C23H30N4O4S. The Hall–Kier alpha value is -2.91. The van der Waals surface area contributed by atoms with Crippen molar-refractivity contribution in [1.82, 2.24) is 9.62 Å². The van der Waals surface area contributed by atoms with E-state index in [2.05, 4.69) is 15.5 Å². The Morgan fingerprint density at radius 2 is 1.72 bits per heavy atom. The van der Waals surface area contributed by atoms with E-state index in [4.69, 9.17) is 0 Å². The Morgan fingerprint density at radius 3 is 2.41 bits per heavy atom. The molecule has 1 aliphatic heterocycles. The number of nitrogens with zero attached hydrogens (tertiary/aromatic N) is 2. The molecule has 1 saturated heterocycles. The summed E-state index contributed by atoms with van der Waals surface area (Å²) in [7, 11) is -2.40. The third-order valence-electron chi connectivity index (χ3n) is 5.32. The number of hydrogen-bond acceptors (Lipinski definition) is 5. The van der Waals surface area contributed by atoms with Crippen molar-refractivity contribution < 1.29 is 18.0 Å². The van der Waals surface area contributed by atoms with Gasteiger partial charge in [0.1, 0.15) is 0 Å². The third-order valence-corrected chi connectivity index (χ3v) is 7.14. The van der Waals surface area contributed by atoms with Crippen LogP contribution in [0.15, 0.2) is 59.5 Å². The summed E-state index contributed by atoms with van der Waals surface area (Å²) in [6.45, 7) is 3.43. The molecule has 0 spiro atoms. The first-order valence-electron chi connectivity index (χ1n) is 10.7. The van der Waals surface area contributed by atoms with Crippen LogP contribution in [0.1, 0.15) is 26.2 Å². The molecule has 0 aliphatic carbocycles. The van der Waals surface area contributed by atoms with E-state index in [9.17, 15) is 18.0 Å². The predicted molar refractivity (Wildman–Crippen MR) is 125 cm³/mol. The van der Waals surface area contributed by atoms with Crippen LogP contribution in [0.3, 0.4) is 0 Å². The summed E-state index contributed by atoms with van der Waals surface area (Å²) >= 11 is 0. The lowest BCUT2D eigenvalue weighted by Crippen LogP contribution is -2.42. The molecule has 1 fully saturated rings. The maximum atomic E-state index is 12.5. The minimum absolute atomic E-state index is 0.0782. The fraction of sp³-hybridized carbons (Fsp3) is 0.391. The van der Waals surface area contributed by atoms with Crippen LogP contribution in [0.25, 0.3) is 0 Å². The van der Waals surface area contributed by atoms with Gasteiger partial charge in [-0.25, -0.2) is 8.42 Å². The molecule has 2 amide bonds. The summed E-state index contributed by atoms with van der Waals surface area (Å²) < 4.78 is 26.1. The highest BCUT2D eigenvalue weighted by Crippen LogP contribution is 2.23. The van der Waals surface area contributed by atoms with Gasteiger partial charge in [-0.05, 0) is 50.1 Å². The second kappa shape index (κ2) is 10.6. The Bertz CT molecular complexity index is 1040. The highest BCUT2D eigenvalue weighted by Gasteiger charge is 2.23. The average molecular weight is 459 g/mol. The van der Waals surface area contributed by atoms with Crippen molar-refractivity contribution >= 4 is 33.2 Å². The second-order valence-electron chi connectivity index (χ2n) is 8.04. The molecule has 32 heavy (non-hydrogen) atoms. The van der Waals surface area contributed by atoms with Crippen LogP contribution in [-0.4, -0.2) is 57.3 Å². The summed E-state index contributed by atoms with van der Waals surface area (Å²) in [5.74, 6) is -0.690. The van der Waals surface area contributed by atoms with E-state index in [1.165, 1.54) is 32.0 Å². The van der Waals surface area contributed by atoms with Crippen molar-refractivity contribution in [3.63, 3.8) is 0 Å². The first-order chi connectivity index (χ1) is 15.3. The summed E-state index contributed by atoms with van der Waals surface area (Å²) in [6, 6.07) is 15.2. The SMILES string of the molecule is CC(CC(=O)Nc1cccc(N2CCCC2)c1)NC(=O)CN(C)S(=O)(=O)c1ccccc1. The molecule has 3 rings (SSSR count). The number of likely N-dealkylation sites (N-methyl/N-ethyl adjacent to an activating group) is 1. The zero-order valence-electron chi connectivity index (χ0n) is 18.5. The molecule has 0 radical (unpaired) electrons. The van der Waals surface area contributed by atoms with Gasteiger partial charge in [0.05, 0.1) is 11.4 Å². The molecule has 0 saturated carbocycles. The predicted octanol–water partition coefficient (Wildman–Crippen LogP) is 2.44. The second-order valence-corrected chi connectivity index (χ2v) is 10.1. The molecule has 1 heterocycles. The Morgan fingerprint density at radius 1 is 1.03 bits per heavy atom. The van der Waals surface area contributed by atoms with Crippen LogP contribution in [0.2, 0.25) is 0 Å². The first-order valence-corrected chi connectivity index (χ1v) is 12.2. The molecule has 8 nitrogen and oxygen atoms in total. The minimum atomic E-state index is -3.76. The molecule has 1 atom stereocenters. The smallest absolute Gasteiger partial charge is 0.243 e. The summed E-state index contributed by atoms with van der Waals surface area (Å²) in [6.07, 6.45) is 2.43. The van der Waals surface area contributed by atoms with Crippen molar-refractivity contribution in [3.05, 3.63) is 54.6 Å². The fourth-order valence-corrected chi connectivity index (χ4v) is 4.83. The molecule has 0 aromatic heterocycles. The molecule has 9 heteroatoms. The van der Waals surface area contributed by atoms with Gasteiger partial charge in [-0.15, -0.1) is 0 Å². The summed E-state index contributed by atoms with van der Waals surface area (Å²) in [5, 5.41) is 5.57. The lowest BCUT2D eigenvalue weighted by Gasteiger charge is -2.20. The van der Waals surface area contributed by atoms with Gasteiger partial charge in [-0.2, -0.15) is 4.31 Å². The van der Waals surface area contributed by atoms with Gasteiger partial charge in [0.25, 0.3) is 0 Å². The number of anilines is 2. The molecule has 1 unspecified atom stereocenters. The lowest BCUT2D eigenvalue weighted by atomic mass is 10.2. The molecule has 2 aromatic rings. The van der Waals surface area contributed by atoms with Gasteiger partial charge in [0.2, 0.25) is 21.8 Å². The zero-order chi connectivity index (χ0) is 23.1. The van der Waals surface area contributed by atoms with Gasteiger partial charge in [-0.3, -0.25) is 9.59 Å². The number of carbonyl (C=O) groups excluding carboxylic acids is 2. The Kier molecular flexibility index (Phi) is 7.87. The third kappa shape index (κ3) is 6.30. The minimum Gasteiger partial charge on any atom is -0.371 e. The Labute approximate surface area is 189 Å². The van der Waals surface area contributed by atoms with E-state index in [1.807, 2.05) is 24.3 Å². The van der Waals surface area contributed by atoms with E-state index in [1.54, 1.807) is 25.1 Å². The monoisotopic (exact) mass is 458 g/mol. The number of sulfonamides is 1. The van der Waals surface area contributed by atoms with Crippen molar-refractivity contribution in [1.29, 1.82) is 0 Å². The normalized spacial score (nSPS) is 14.9. The number of hydrogen-bond donors (Lipinski definition) is 2. The van der Waals surface area contributed by atoms with Gasteiger partial charge < -0.3 is 15.5 Å². The van der Waals surface area contributed by atoms with Crippen LogP contribution in [-0.2, 0) is 19.6 Å². The molecular weight excluding hydrogens is 428 g/mol. The quantitative estimate of drug-likeness (QED) is 0.601. The topological polar surface area (TPSA) is 98.8 Å². The van der Waals surface area contributed by atoms with Crippen LogP contribution >= 0.6 is 0 Å². The number of carbonyl (C=O) groups is 2. The summed E-state index contributed by atoms with van der Waals surface area (Å²) in [4.78, 5) is 27.2. The number of benzene rings is 2. The zero-order valence-corrected chi connectivity index (χ0v) is 19.3. The van der Waals surface area contributed by atoms with Crippen molar-refractivity contribution in [3.8, 4) is 0 Å². The van der Waals surface area contributed by atoms with Gasteiger partial charge in [0, 0.05) is 44.0 Å². The largest absolute Gasteiger partial charge is 0.371 e. The molecule has 1 aliphatic rings. The molecule has 172 valence electrons. The van der Waals surface area contributed by atoms with Crippen LogP contribution in [0.4, 0.5) is 11.4 Å². The number of amides is 2. The molecule has 0 bridgehead atoms. The number of nitrogens with one attached hydrogen (secondary N) is 2. The van der Waals surface area contributed by atoms with Crippen molar-refractivity contribution in [2.75, 3.05) is 36.9 Å². The van der Waals surface area contributed by atoms with E-state index < -0.39 is 22.0 Å². The van der Waals surface area contributed by atoms with Crippen LogP contribution < -0.4 is 15.5 Å². The maximum Gasteiger partial charge on any atom is 0.243 e. The highest BCUT2D eigenvalue weighted by atomic mass is 32.2. The van der Waals surface area contributed by atoms with Gasteiger partial charge >= 0.3 is 0 Å². The van der Waals surface area contributed by atoms with Crippen LogP contribution in [0.5, 0.6) is 0 Å². The van der Waals surface area contributed by atoms with E-state index in [0.29, 0.717) is 5.69 Å². The molecule has 2 N–H and O–H groups in total. The first kappa shape index (κ1) is 23.7. The van der Waals surface area contributed by atoms with Crippen molar-refractivity contribution in [2.24, 2.45) is 0 Å². The van der Waals surface area contributed by atoms with Crippen molar-refractivity contribution in [2.45, 2.75) is 37.1 Å². The van der Waals surface area contributed by atoms with E-state index in [0.717, 1.165) is 23.1 Å². The average Bonchev–Trinajstić information content (AvgIpc) is 3.29.